The number of para-hydroxylation sites is 1. The van der Waals surface area contributed by atoms with Gasteiger partial charge in [0, 0.05) is 12.7 Å². The summed E-state index contributed by atoms with van der Waals surface area (Å²) in [6.07, 6.45) is 1.24. The van der Waals surface area contributed by atoms with Crippen LogP contribution in [-0.2, 0) is 13.1 Å². The van der Waals surface area contributed by atoms with Crippen LogP contribution in [0, 0.1) is 0 Å². The molecule has 4 nitrogen and oxygen atoms in total. The van der Waals surface area contributed by atoms with Gasteiger partial charge in [0.05, 0.1) is 24.8 Å². The molecular weight excluding hydrogens is 228 g/mol. The molecule has 0 aliphatic rings. The molecule has 0 aliphatic heterocycles. The van der Waals surface area contributed by atoms with Crippen LogP contribution in [0.15, 0.2) is 30.5 Å². The molecule has 2 rings (SSSR count). The Kier molecular flexibility index (Phi) is 4.36. The van der Waals surface area contributed by atoms with E-state index in [-0.39, 0.29) is 6.61 Å². The Morgan fingerprint density at radius 3 is 2.89 bits per heavy atom. The highest BCUT2D eigenvalue weighted by molar-refractivity contribution is 5.83. The highest BCUT2D eigenvalue weighted by atomic mass is 16.3. The zero-order valence-corrected chi connectivity index (χ0v) is 10.6. The molecule has 3 N–H and O–H groups in total. The molecule has 0 bridgehead atoms. The fourth-order valence-electron chi connectivity index (χ4n) is 2.18. The fraction of sp³-hybridized carbons (Fsp3) is 0.429. The summed E-state index contributed by atoms with van der Waals surface area (Å²) in [6.45, 7) is 4.02. The van der Waals surface area contributed by atoms with E-state index in [1.54, 1.807) is 0 Å². The van der Waals surface area contributed by atoms with Gasteiger partial charge in [-0.2, -0.15) is 0 Å². The van der Waals surface area contributed by atoms with Crippen LogP contribution >= 0.6 is 0 Å². The minimum absolute atomic E-state index is 0.213. The van der Waals surface area contributed by atoms with Crippen molar-refractivity contribution in [1.82, 2.24) is 9.88 Å². The quantitative estimate of drug-likeness (QED) is 0.717. The first kappa shape index (κ1) is 13.1. The Labute approximate surface area is 107 Å². The van der Waals surface area contributed by atoms with Crippen LogP contribution in [0.1, 0.15) is 12.5 Å². The first-order chi connectivity index (χ1) is 8.76. The second-order valence-electron chi connectivity index (χ2n) is 4.44. The van der Waals surface area contributed by atoms with Gasteiger partial charge in [0.2, 0.25) is 0 Å². The molecule has 0 amide bonds. The maximum atomic E-state index is 9.57. The summed E-state index contributed by atoms with van der Waals surface area (Å²) < 4.78 is 2.00. The normalized spacial score (nSPS) is 13.1. The Morgan fingerprint density at radius 2 is 2.17 bits per heavy atom. The van der Waals surface area contributed by atoms with Crippen molar-refractivity contribution in [2.45, 2.75) is 26.1 Å². The molecule has 2 aromatic rings. The molecule has 4 heteroatoms. The monoisotopic (exact) mass is 248 g/mol. The van der Waals surface area contributed by atoms with Crippen molar-refractivity contribution in [3.8, 4) is 0 Å². The van der Waals surface area contributed by atoms with Crippen molar-refractivity contribution < 1.29 is 10.2 Å². The van der Waals surface area contributed by atoms with E-state index in [9.17, 15) is 5.11 Å². The molecule has 98 valence electrons. The lowest BCUT2D eigenvalue weighted by Crippen LogP contribution is -2.20. The van der Waals surface area contributed by atoms with Gasteiger partial charge in [-0.25, -0.2) is 0 Å². The van der Waals surface area contributed by atoms with Crippen molar-refractivity contribution >= 4 is 10.9 Å². The number of aliphatic hydroxyl groups excluding tert-OH is 2. The number of fused-ring (bicyclic) bond motifs is 1. The highest BCUT2D eigenvalue weighted by Gasteiger charge is 2.09. The molecule has 0 radical (unpaired) electrons. The van der Waals surface area contributed by atoms with Gasteiger partial charge < -0.3 is 20.1 Å². The summed E-state index contributed by atoms with van der Waals surface area (Å²) in [4.78, 5) is 0. The van der Waals surface area contributed by atoms with Crippen LogP contribution in [-0.4, -0.2) is 34.0 Å². The van der Waals surface area contributed by atoms with E-state index in [0.717, 1.165) is 24.0 Å². The molecule has 0 aliphatic carbocycles. The second kappa shape index (κ2) is 6.00. The number of nitrogens with one attached hydrogen (secondary N) is 1. The van der Waals surface area contributed by atoms with Gasteiger partial charge >= 0.3 is 0 Å². The molecule has 1 aromatic heterocycles. The lowest BCUT2D eigenvalue weighted by Gasteiger charge is -2.13. The van der Waals surface area contributed by atoms with Gasteiger partial charge in [0.15, 0.2) is 0 Å². The maximum absolute atomic E-state index is 9.57. The van der Waals surface area contributed by atoms with E-state index >= 15 is 0 Å². The number of nitrogens with zero attached hydrogens (tertiary/aromatic N) is 1. The minimum atomic E-state index is -0.715. The van der Waals surface area contributed by atoms with Gasteiger partial charge in [0.25, 0.3) is 0 Å². The molecule has 1 atom stereocenters. The van der Waals surface area contributed by atoms with E-state index in [0.29, 0.717) is 6.54 Å². The average molecular weight is 248 g/mol. The van der Waals surface area contributed by atoms with Gasteiger partial charge in [-0.05, 0) is 23.6 Å². The van der Waals surface area contributed by atoms with Crippen LogP contribution in [0.4, 0.5) is 0 Å². The van der Waals surface area contributed by atoms with E-state index in [4.69, 9.17) is 5.11 Å². The van der Waals surface area contributed by atoms with Crippen molar-refractivity contribution in [3.63, 3.8) is 0 Å². The zero-order valence-electron chi connectivity index (χ0n) is 10.6. The summed E-state index contributed by atoms with van der Waals surface area (Å²) in [5.74, 6) is 0. The van der Waals surface area contributed by atoms with Crippen molar-refractivity contribution in [2.24, 2.45) is 0 Å². The van der Waals surface area contributed by atoms with Crippen LogP contribution < -0.4 is 5.32 Å². The molecule has 0 fully saturated rings. The molecule has 18 heavy (non-hydrogen) atoms. The van der Waals surface area contributed by atoms with E-state index < -0.39 is 6.10 Å². The predicted molar refractivity (Wildman–Crippen MR) is 72.4 cm³/mol. The first-order valence-electron chi connectivity index (χ1n) is 6.32. The lowest BCUT2D eigenvalue weighted by molar-refractivity contribution is 0.0822. The highest BCUT2D eigenvalue weighted by Crippen LogP contribution is 2.20. The molecule has 0 saturated heterocycles. The third-order valence-corrected chi connectivity index (χ3v) is 3.06. The van der Waals surface area contributed by atoms with Crippen LogP contribution in [0.25, 0.3) is 10.9 Å². The van der Waals surface area contributed by atoms with Crippen molar-refractivity contribution in [1.29, 1.82) is 0 Å². The van der Waals surface area contributed by atoms with Gasteiger partial charge in [-0.1, -0.05) is 25.1 Å². The summed E-state index contributed by atoms with van der Waals surface area (Å²) in [6, 6.07) is 8.23. The fourth-order valence-corrected chi connectivity index (χ4v) is 2.18. The van der Waals surface area contributed by atoms with Gasteiger partial charge in [-0.3, -0.25) is 0 Å². The minimum Gasteiger partial charge on any atom is -0.394 e. The van der Waals surface area contributed by atoms with Gasteiger partial charge in [-0.15, -0.1) is 0 Å². The number of hydrogen-bond donors (Lipinski definition) is 3. The van der Waals surface area contributed by atoms with Crippen LogP contribution in [0.2, 0.25) is 0 Å². The lowest BCUT2D eigenvalue weighted by atomic mass is 10.1. The summed E-state index contributed by atoms with van der Waals surface area (Å²) >= 11 is 0. The standard InChI is InChI=1S/C14H20N2O2/c1-2-15-8-12-5-3-4-11-6-7-16(14(11)12)9-13(18)10-17/h3-7,13,15,17-18H,2,8-10H2,1H3. The summed E-state index contributed by atoms with van der Waals surface area (Å²) in [5, 5.41) is 23.0. The van der Waals surface area contributed by atoms with E-state index in [1.807, 2.05) is 22.9 Å². The van der Waals surface area contributed by atoms with Gasteiger partial charge in [0.1, 0.15) is 0 Å². The van der Waals surface area contributed by atoms with Crippen molar-refractivity contribution in [3.05, 3.63) is 36.0 Å². The van der Waals surface area contributed by atoms with E-state index in [1.165, 1.54) is 5.56 Å². The number of aromatic nitrogens is 1. The average Bonchev–Trinajstić information content (AvgIpc) is 2.80. The Balaban J connectivity index is 2.35. The number of rotatable bonds is 6. The first-order valence-corrected chi connectivity index (χ1v) is 6.32. The molecule has 0 spiro atoms. The molecule has 0 saturated carbocycles. The zero-order chi connectivity index (χ0) is 13.0. The predicted octanol–water partition coefficient (Wildman–Crippen LogP) is 1.10. The largest absolute Gasteiger partial charge is 0.394 e. The van der Waals surface area contributed by atoms with Crippen LogP contribution in [0.3, 0.4) is 0 Å². The van der Waals surface area contributed by atoms with Crippen LogP contribution in [0.5, 0.6) is 0 Å². The topological polar surface area (TPSA) is 57.4 Å². The summed E-state index contributed by atoms with van der Waals surface area (Å²) in [5.41, 5.74) is 2.34. The maximum Gasteiger partial charge on any atom is 0.0949 e. The third-order valence-electron chi connectivity index (χ3n) is 3.06. The number of hydrogen-bond acceptors (Lipinski definition) is 3. The van der Waals surface area contributed by atoms with E-state index in [2.05, 4.69) is 24.4 Å². The van der Waals surface area contributed by atoms with Crippen molar-refractivity contribution in [2.75, 3.05) is 13.2 Å². The molecule has 1 unspecified atom stereocenters. The molecule has 1 heterocycles. The molecule has 1 aromatic carbocycles. The number of benzene rings is 1. The SMILES string of the molecule is CCNCc1cccc2ccn(CC(O)CO)c12. The Morgan fingerprint density at radius 1 is 1.33 bits per heavy atom. The number of aliphatic hydroxyl groups is 2. The smallest absolute Gasteiger partial charge is 0.0949 e. The molecular formula is C14H20N2O2. The second-order valence-corrected chi connectivity index (χ2v) is 4.44. The Hall–Kier alpha value is -1.36. The summed E-state index contributed by atoms with van der Waals surface area (Å²) in [7, 11) is 0. The Bertz CT molecular complexity index is 507. The third kappa shape index (κ3) is 2.72.